The largest absolute Gasteiger partial charge is 0.369 e. The molecular formula is C32H46N3O4P. The predicted molar refractivity (Wildman–Crippen MR) is 162 cm³/mol. The van der Waals surface area contributed by atoms with Gasteiger partial charge in [0, 0.05) is 23.6 Å². The van der Waals surface area contributed by atoms with Gasteiger partial charge in [-0.3, -0.25) is 13.9 Å². The number of rotatable bonds is 8. The lowest BCUT2D eigenvalue weighted by Crippen LogP contribution is -2.45. The van der Waals surface area contributed by atoms with Gasteiger partial charge in [0.2, 0.25) is 0 Å². The third kappa shape index (κ3) is 6.17. The van der Waals surface area contributed by atoms with E-state index in [1.54, 1.807) is 13.8 Å². The highest BCUT2D eigenvalue weighted by atomic mass is 31.2. The quantitative estimate of drug-likeness (QED) is 0.303. The van der Waals surface area contributed by atoms with Gasteiger partial charge in [-0.2, -0.15) is 0 Å². The van der Waals surface area contributed by atoms with Crippen LogP contribution >= 0.6 is 7.60 Å². The van der Waals surface area contributed by atoms with Crippen LogP contribution in [-0.2, 0) is 13.6 Å². The zero-order chi connectivity index (χ0) is 28.4. The summed E-state index contributed by atoms with van der Waals surface area (Å²) in [6.45, 7) is 11.3. The lowest BCUT2D eigenvalue weighted by molar-refractivity contribution is 0.115. The Balaban J connectivity index is 1.51. The average molecular weight is 568 g/mol. The van der Waals surface area contributed by atoms with Gasteiger partial charge in [-0.05, 0) is 101 Å². The molecule has 0 amide bonds. The molecule has 1 saturated carbocycles. The third-order valence-corrected chi connectivity index (χ3v) is 10.6. The maximum absolute atomic E-state index is 14.0. The van der Waals surface area contributed by atoms with E-state index in [0.717, 1.165) is 48.0 Å². The summed E-state index contributed by atoms with van der Waals surface area (Å²) >= 11 is 0. The van der Waals surface area contributed by atoms with Crippen molar-refractivity contribution >= 4 is 24.7 Å². The summed E-state index contributed by atoms with van der Waals surface area (Å²) in [6, 6.07) is 8.79. The number of benzene rings is 1. The number of hydrogen-bond acceptors (Lipinski definition) is 6. The molecule has 1 saturated heterocycles. The van der Waals surface area contributed by atoms with Gasteiger partial charge in [-0.15, -0.1) is 0 Å². The molecule has 7 nitrogen and oxygen atoms in total. The van der Waals surface area contributed by atoms with Gasteiger partial charge >= 0.3 is 7.60 Å². The minimum atomic E-state index is -3.45. The monoisotopic (exact) mass is 567 g/mol. The standard InChI is InChI=1S/C32H46N3O4P/c1-6-38-40(37,39-7-2)15-14-30-32(36)35(31-11-9-8-10-29(31)33-30)28-20-25-12-13-26(21-28)34(25)27-18-23(4)16-22(3)17-24(5)19-27/h8-11,14-15,20,22-24,26-28H,6-7,12-13,16-19,21H2,1-5H3/b15-14+/t22?,23-,24+,26-,27?,28-/m1/s1. The van der Waals surface area contributed by atoms with Crippen LogP contribution in [0.1, 0.15) is 91.3 Å². The summed E-state index contributed by atoms with van der Waals surface area (Å²) in [5.74, 6) is 3.65. The molecule has 6 atom stereocenters. The summed E-state index contributed by atoms with van der Waals surface area (Å²) in [6.07, 6.45) is 12.1. The Kier molecular flexibility index (Phi) is 9.04. The summed E-state index contributed by atoms with van der Waals surface area (Å²) in [5.41, 5.74) is 3.06. The second-order valence-corrected chi connectivity index (χ2v) is 14.2. The summed E-state index contributed by atoms with van der Waals surface area (Å²) < 4.78 is 25.8. The molecule has 2 aliphatic heterocycles. The molecule has 40 heavy (non-hydrogen) atoms. The highest BCUT2D eigenvalue weighted by Gasteiger charge is 2.40. The first-order valence-electron chi connectivity index (χ1n) is 15.3. The number of para-hydroxylation sites is 2. The number of hydrogen-bond donors (Lipinski definition) is 0. The van der Waals surface area contributed by atoms with Crippen LogP contribution < -0.4 is 5.56 Å². The number of allylic oxidation sites excluding steroid dienone is 2. The maximum Gasteiger partial charge on any atom is 0.354 e. The van der Waals surface area contributed by atoms with Crippen LogP contribution in [0, 0.1) is 17.8 Å². The van der Waals surface area contributed by atoms with Gasteiger partial charge < -0.3 is 13.9 Å². The molecule has 2 aromatic rings. The van der Waals surface area contributed by atoms with Crippen LogP contribution in [0.15, 0.2) is 46.7 Å². The SMILES string of the molecule is CCOP(=O)(/C=C/c1nc2ccccc2n([C@@H]2C=C3CC[C@H](C2)N3C2C[C@H](C)CC(C)C[C@H](C)C2)c1=O)OCC. The first kappa shape index (κ1) is 29.3. The lowest BCUT2D eigenvalue weighted by atomic mass is 9.78. The van der Waals surface area contributed by atoms with Gasteiger partial charge in [-0.1, -0.05) is 32.9 Å². The van der Waals surface area contributed by atoms with Crippen LogP contribution in [0.2, 0.25) is 0 Å². The topological polar surface area (TPSA) is 73.7 Å². The van der Waals surface area contributed by atoms with E-state index in [9.17, 15) is 9.36 Å². The molecule has 0 N–H and O–H groups in total. The van der Waals surface area contributed by atoms with E-state index in [4.69, 9.17) is 9.05 Å². The second-order valence-electron chi connectivity index (χ2n) is 12.3. The van der Waals surface area contributed by atoms with Gasteiger partial charge in [0.15, 0.2) is 0 Å². The highest BCUT2D eigenvalue weighted by Crippen LogP contribution is 2.50. The molecule has 3 aliphatic rings. The Hall–Kier alpha value is -2.21. The molecule has 0 spiro atoms. The Morgan fingerprint density at radius 3 is 2.25 bits per heavy atom. The maximum atomic E-state index is 14.0. The molecule has 2 fully saturated rings. The summed E-state index contributed by atoms with van der Waals surface area (Å²) in [4.78, 5) is 21.4. The van der Waals surface area contributed by atoms with Crippen molar-refractivity contribution in [3.63, 3.8) is 0 Å². The number of aromatic nitrogens is 2. The highest BCUT2D eigenvalue weighted by molar-refractivity contribution is 7.57. The van der Waals surface area contributed by atoms with Gasteiger partial charge in [-0.25, -0.2) is 4.98 Å². The normalized spacial score (nSPS) is 29.5. The minimum absolute atomic E-state index is 0.0414. The zero-order valence-corrected chi connectivity index (χ0v) is 25.7. The Morgan fingerprint density at radius 1 is 0.950 bits per heavy atom. The van der Waals surface area contributed by atoms with Crippen LogP contribution in [0.3, 0.4) is 0 Å². The molecule has 5 rings (SSSR count). The first-order valence-corrected chi connectivity index (χ1v) is 16.9. The molecule has 218 valence electrons. The minimum Gasteiger partial charge on any atom is -0.369 e. The predicted octanol–water partition coefficient (Wildman–Crippen LogP) is 7.78. The van der Waals surface area contributed by atoms with Crippen LogP contribution in [0.4, 0.5) is 0 Å². The van der Waals surface area contributed by atoms with E-state index in [1.165, 1.54) is 43.3 Å². The van der Waals surface area contributed by atoms with E-state index < -0.39 is 7.60 Å². The fourth-order valence-electron chi connectivity index (χ4n) is 7.67. The Bertz CT molecular complexity index is 1340. The van der Waals surface area contributed by atoms with Gasteiger partial charge in [0.05, 0.1) is 30.3 Å². The third-order valence-electron chi connectivity index (χ3n) is 8.89. The van der Waals surface area contributed by atoms with Gasteiger partial charge in [0.1, 0.15) is 5.69 Å². The fourth-order valence-corrected chi connectivity index (χ4v) is 8.96. The molecule has 1 aromatic heterocycles. The fraction of sp³-hybridized carbons (Fsp3) is 0.625. The van der Waals surface area contributed by atoms with Crippen molar-refractivity contribution in [2.75, 3.05) is 13.2 Å². The molecule has 0 radical (unpaired) electrons. The summed E-state index contributed by atoms with van der Waals surface area (Å²) in [5, 5.41) is 0. The van der Waals surface area contributed by atoms with Crippen molar-refractivity contribution in [1.82, 2.24) is 14.5 Å². The summed E-state index contributed by atoms with van der Waals surface area (Å²) in [7, 11) is -3.45. The van der Waals surface area contributed by atoms with Crippen LogP contribution in [0.5, 0.6) is 0 Å². The van der Waals surface area contributed by atoms with Crippen LogP contribution in [-0.4, -0.2) is 39.7 Å². The molecule has 2 bridgehead atoms. The first-order chi connectivity index (χ1) is 19.2. The van der Waals surface area contributed by atoms with Crippen molar-refractivity contribution in [1.29, 1.82) is 0 Å². The van der Waals surface area contributed by atoms with E-state index >= 15 is 0 Å². The van der Waals surface area contributed by atoms with E-state index in [0.29, 0.717) is 12.1 Å². The second kappa shape index (κ2) is 12.3. The van der Waals surface area contributed by atoms with Crippen molar-refractivity contribution in [3.05, 3.63) is 57.9 Å². The molecule has 3 heterocycles. The van der Waals surface area contributed by atoms with E-state index in [2.05, 4.69) is 36.7 Å². The van der Waals surface area contributed by atoms with Crippen molar-refractivity contribution in [2.24, 2.45) is 17.8 Å². The van der Waals surface area contributed by atoms with E-state index in [1.807, 2.05) is 28.8 Å². The Morgan fingerprint density at radius 2 is 1.60 bits per heavy atom. The van der Waals surface area contributed by atoms with Crippen molar-refractivity contribution in [3.8, 4) is 0 Å². The van der Waals surface area contributed by atoms with Gasteiger partial charge in [0.25, 0.3) is 5.56 Å². The zero-order valence-electron chi connectivity index (χ0n) is 24.8. The molecule has 1 aliphatic carbocycles. The number of nitrogens with zero attached hydrogens (tertiary/aromatic N) is 3. The molecule has 1 aromatic carbocycles. The molecular weight excluding hydrogens is 521 g/mol. The van der Waals surface area contributed by atoms with Crippen molar-refractivity contribution < 1.29 is 13.6 Å². The molecule has 8 heteroatoms. The smallest absolute Gasteiger partial charge is 0.354 e. The van der Waals surface area contributed by atoms with Crippen molar-refractivity contribution in [2.45, 2.75) is 97.7 Å². The van der Waals surface area contributed by atoms with Crippen LogP contribution in [0.25, 0.3) is 17.1 Å². The average Bonchev–Trinajstić information content (AvgIpc) is 3.15. The van der Waals surface area contributed by atoms with E-state index in [-0.39, 0.29) is 30.5 Å². The molecule has 2 unspecified atom stereocenters. The number of fused-ring (bicyclic) bond motifs is 3. The Labute approximate surface area is 239 Å². The lowest BCUT2D eigenvalue weighted by Gasteiger charge is -2.44.